The van der Waals surface area contributed by atoms with E-state index >= 15 is 0 Å². The number of hydrogen-bond donors (Lipinski definition) is 2. The normalized spacial score (nSPS) is 10.6. The number of rotatable bonds is 10. The van der Waals surface area contributed by atoms with E-state index in [1.807, 2.05) is 25.1 Å². The van der Waals surface area contributed by atoms with Gasteiger partial charge in [-0.2, -0.15) is 0 Å². The zero-order valence-electron chi connectivity index (χ0n) is 18.2. The summed E-state index contributed by atoms with van der Waals surface area (Å²) < 4.78 is 7.36. The largest absolute Gasteiger partial charge is 0.494 e. The highest BCUT2D eigenvalue weighted by atomic mass is 32.2. The van der Waals surface area contributed by atoms with Crippen molar-refractivity contribution in [1.29, 1.82) is 0 Å². The lowest BCUT2D eigenvalue weighted by Crippen LogP contribution is -2.38. The minimum atomic E-state index is -0.299. The molecule has 0 aliphatic carbocycles. The Morgan fingerprint density at radius 1 is 1.09 bits per heavy atom. The number of nitrogens with one attached hydrogen (secondary N) is 2. The number of aryl methyl sites for hydroxylation is 1. The van der Waals surface area contributed by atoms with Crippen LogP contribution in [0.25, 0.3) is 0 Å². The molecule has 1 amide bonds. The average molecular weight is 470 g/mol. The third kappa shape index (κ3) is 6.80. The second kappa shape index (κ2) is 12.2. The van der Waals surface area contributed by atoms with Gasteiger partial charge in [0.05, 0.1) is 6.61 Å². The molecular weight excluding hydrogens is 442 g/mol. The van der Waals surface area contributed by atoms with Gasteiger partial charge in [0.25, 0.3) is 5.91 Å². The van der Waals surface area contributed by atoms with Crippen LogP contribution in [0.3, 0.4) is 0 Å². The molecule has 1 heterocycles. The van der Waals surface area contributed by atoms with Gasteiger partial charge in [-0.05, 0) is 48.5 Å². The maximum atomic E-state index is 12.6. The van der Waals surface area contributed by atoms with Crippen molar-refractivity contribution >= 4 is 35.0 Å². The molecule has 7 nitrogen and oxygen atoms in total. The summed E-state index contributed by atoms with van der Waals surface area (Å²) in [5.74, 6) is 1.92. The molecule has 3 aromatic rings. The molecule has 0 bridgehead atoms. The van der Waals surface area contributed by atoms with E-state index in [0.717, 1.165) is 30.2 Å². The molecular formula is C23H27N5O2S2. The van der Waals surface area contributed by atoms with E-state index in [2.05, 4.69) is 40.0 Å². The van der Waals surface area contributed by atoms with Crippen LogP contribution in [0.15, 0.2) is 59.8 Å². The van der Waals surface area contributed by atoms with E-state index in [-0.39, 0.29) is 11.0 Å². The summed E-state index contributed by atoms with van der Waals surface area (Å²) in [6.07, 6.45) is 2.74. The Kier molecular flexibility index (Phi) is 9.06. The van der Waals surface area contributed by atoms with Gasteiger partial charge in [-0.25, -0.2) is 4.68 Å². The summed E-state index contributed by atoms with van der Waals surface area (Å²) >= 11 is 6.91. The van der Waals surface area contributed by atoms with E-state index < -0.39 is 0 Å². The Morgan fingerprint density at radius 2 is 1.84 bits per heavy atom. The summed E-state index contributed by atoms with van der Waals surface area (Å²) in [5, 5.41) is 12.0. The highest BCUT2D eigenvalue weighted by Crippen LogP contribution is 2.21. The summed E-state index contributed by atoms with van der Waals surface area (Å²) in [7, 11) is 0. The highest BCUT2D eigenvalue weighted by molar-refractivity contribution is 7.98. The second-order valence-electron chi connectivity index (χ2n) is 6.98. The van der Waals surface area contributed by atoms with E-state index in [1.54, 1.807) is 40.7 Å². The summed E-state index contributed by atoms with van der Waals surface area (Å²) in [5.41, 5.74) is 4.72. The number of ether oxygens (including phenoxy) is 1. The molecule has 0 fully saturated rings. The minimum absolute atomic E-state index is 0.175. The van der Waals surface area contributed by atoms with Crippen molar-refractivity contribution in [3.05, 3.63) is 71.5 Å². The van der Waals surface area contributed by atoms with Gasteiger partial charge in [-0.1, -0.05) is 62.4 Å². The number of benzene rings is 2. The topological polar surface area (TPSA) is 81.1 Å². The zero-order chi connectivity index (χ0) is 22.8. The van der Waals surface area contributed by atoms with E-state index in [1.165, 1.54) is 5.56 Å². The van der Waals surface area contributed by atoms with E-state index in [4.69, 9.17) is 17.0 Å². The van der Waals surface area contributed by atoms with Crippen LogP contribution in [0.4, 0.5) is 0 Å². The lowest BCUT2D eigenvalue weighted by molar-refractivity contribution is 0.0977. The fraction of sp³-hybridized carbons (Fsp3) is 0.304. The fourth-order valence-corrected chi connectivity index (χ4v) is 3.85. The van der Waals surface area contributed by atoms with Crippen LogP contribution in [0, 0.1) is 0 Å². The number of thiocarbonyl (C=S) groups is 1. The molecule has 0 aliphatic rings. The minimum Gasteiger partial charge on any atom is -0.494 e. The van der Waals surface area contributed by atoms with Crippen LogP contribution < -0.4 is 15.5 Å². The van der Waals surface area contributed by atoms with Gasteiger partial charge in [0.15, 0.2) is 10.9 Å². The van der Waals surface area contributed by atoms with E-state index in [0.29, 0.717) is 23.7 Å². The smallest absolute Gasteiger partial charge is 0.257 e. The Hall–Kier alpha value is -2.91. The molecule has 32 heavy (non-hydrogen) atoms. The van der Waals surface area contributed by atoms with Crippen LogP contribution >= 0.6 is 24.0 Å². The summed E-state index contributed by atoms with van der Waals surface area (Å²) in [6, 6.07) is 17.1. The van der Waals surface area contributed by atoms with E-state index in [9.17, 15) is 4.79 Å². The molecule has 168 valence electrons. The van der Waals surface area contributed by atoms with Gasteiger partial charge in [0.2, 0.25) is 5.16 Å². The van der Waals surface area contributed by atoms with Crippen molar-refractivity contribution in [1.82, 2.24) is 20.2 Å². The lowest BCUT2D eigenvalue weighted by Gasteiger charge is -2.14. The maximum absolute atomic E-state index is 12.6. The van der Waals surface area contributed by atoms with Crippen LogP contribution in [-0.2, 0) is 12.2 Å². The van der Waals surface area contributed by atoms with Crippen molar-refractivity contribution in [2.45, 2.75) is 44.0 Å². The quantitative estimate of drug-likeness (QED) is 0.256. The Labute approximate surface area is 197 Å². The van der Waals surface area contributed by atoms with Crippen LogP contribution in [-0.4, -0.2) is 32.5 Å². The number of carbonyl (C=O) groups is 1. The average Bonchev–Trinajstić information content (AvgIpc) is 3.20. The number of amides is 1. The first-order valence-electron chi connectivity index (χ1n) is 10.6. The van der Waals surface area contributed by atoms with Gasteiger partial charge in [0.1, 0.15) is 5.75 Å². The second-order valence-corrected chi connectivity index (χ2v) is 8.33. The molecule has 0 unspecified atom stereocenters. The predicted octanol–water partition coefficient (Wildman–Crippen LogP) is 4.57. The van der Waals surface area contributed by atoms with Crippen LogP contribution in [0.2, 0.25) is 0 Å². The monoisotopic (exact) mass is 469 g/mol. The molecule has 0 saturated heterocycles. The molecule has 0 radical (unpaired) electrons. The van der Waals surface area contributed by atoms with Crippen molar-refractivity contribution in [3.8, 4) is 5.75 Å². The third-order valence-corrected chi connectivity index (χ3v) is 5.74. The zero-order valence-corrected chi connectivity index (χ0v) is 19.8. The molecule has 9 heteroatoms. The molecule has 0 aliphatic heterocycles. The molecule has 0 spiro atoms. The lowest BCUT2D eigenvalue weighted by atomic mass is 10.2. The third-order valence-electron chi connectivity index (χ3n) is 4.55. The van der Waals surface area contributed by atoms with Gasteiger partial charge in [-0.3, -0.25) is 15.5 Å². The SMILES string of the molecule is CCCCOc1ccc(C(=O)NC(=S)Nn2c(CC)nnc2SCc2ccccc2)cc1. The number of nitrogens with zero attached hydrogens (tertiary/aromatic N) is 3. The molecule has 1 aromatic heterocycles. The summed E-state index contributed by atoms with van der Waals surface area (Å²) in [4.78, 5) is 12.6. The number of thioether (sulfide) groups is 1. The molecule has 2 N–H and O–H groups in total. The fourth-order valence-electron chi connectivity index (χ4n) is 2.80. The number of unbranched alkanes of at least 4 members (excludes halogenated alkanes) is 1. The summed E-state index contributed by atoms with van der Waals surface area (Å²) in [6.45, 7) is 4.76. The molecule has 2 aromatic carbocycles. The standard InChI is InChI=1S/C23H27N5O2S2/c1-3-5-15-30-19-13-11-18(12-14-19)21(29)24-22(31)27-28-20(4-2)25-26-23(28)32-16-17-9-7-6-8-10-17/h6-14H,3-5,15-16H2,1-2H3,(H2,24,27,29,31). The molecule has 0 saturated carbocycles. The Morgan fingerprint density at radius 3 is 2.53 bits per heavy atom. The first kappa shape index (κ1) is 23.7. The van der Waals surface area contributed by atoms with Crippen molar-refractivity contribution in [2.24, 2.45) is 0 Å². The Bertz CT molecular complexity index is 1020. The number of aromatic nitrogens is 3. The number of hydrogen-bond acceptors (Lipinski definition) is 6. The highest BCUT2D eigenvalue weighted by Gasteiger charge is 2.15. The number of carbonyl (C=O) groups excluding carboxylic acids is 1. The van der Waals surface area contributed by atoms with Crippen LogP contribution in [0.5, 0.6) is 5.75 Å². The van der Waals surface area contributed by atoms with Crippen molar-refractivity contribution < 1.29 is 9.53 Å². The molecule has 3 rings (SSSR count). The first-order chi connectivity index (χ1) is 15.6. The first-order valence-corrected chi connectivity index (χ1v) is 12.0. The van der Waals surface area contributed by atoms with Crippen LogP contribution in [0.1, 0.15) is 48.4 Å². The maximum Gasteiger partial charge on any atom is 0.257 e. The van der Waals surface area contributed by atoms with Gasteiger partial charge >= 0.3 is 0 Å². The van der Waals surface area contributed by atoms with Crippen molar-refractivity contribution in [3.63, 3.8) is 0 Å². The Balaban J connectivity index is 1.59. The van der Waals surface area contributed by atoms with Gasteiger partial charge in [-0.15, -0.1) is 10.2 Å². The van der Waals surface area contributed by atoms with Gasteiger partial charge < -0.3 is 4.74 Å². The van der Waals surface area contributed by atoms with Gasteiger partial charge in [0, 0.05) is 17.7 Å². The van der Waals surface area contributed by atoms with Crippen molar-refractivity contribution in [2.75, 3.05) is 12.0 Å². The molecule has 0 atom stereocenters. The predicted molar refractivity (Wildman–Crippen MR) is 132 cm³/mol.